The van der Waals surface area contributed by atoms with Crippen LogP contribution in [0.1, 0.15) is 19.5 Å². The summed E-state index contributed by atoms with van der Waals surface area (Å²) in [6.45, 7) is 4.38. The summed E-state index contributed by atoms with van der Waals surface area (Å²) in [5.74, 6) is 1.45. The molecule has 3 nitrogen and oxygen atoms in total. The van der Waals surface area contributed by atoms with Crippen molar-refractivity contribution in [3.63, 3.8) is 0 Å². The standard InChI is InChI=1S/C12H15N3S/c1-9(2)7-10-8-12(16)15(14-10)11-5-3-4-6-13-11/h3-6,8-9,14H,7H2,1-2H3. The average Bonchev–Trinajstić information content (AvgIpc) is 2.60. The Kier molecular flexibility index (Phi) is 3.19. The Balaban J connectivity index is 2.36. The molecule has 0 saturated heterocycles. The van der Waals surface area contributed by atoms with Crippen LogP contribution in [0.25, 0.3) is 5.82 Å². The molecule has 0 spiro atoms. The molecular weight excluding hydrogens is 218 g/mol. The molecule has 1 N–H and O–H groups in total. The molecule has 0 atom stereocenters. The number of hydrogen-bond donors (Lipinski definition) is 1. The van der Waals surface area contributed by atoms with Crippen molar-refractivity contribution in [2.75, 3.05) is 0 Å². The van der Waals surface area contributed by atoms with Crippen LogP contribution in [0.3, 0.4) is 0 Å². The number of nitrogens with one attached hydrogen (secondary N) is 1. The lowest BCUT2D eigenvalue weighted by Crippen LogP contribution is -2.01. The molecule has 0 bridgehead atoms. The first-order valence-corrected chi connectivity index (χ1v) is 5.80. The van der Waals surface area contributed by atoms with E-state index in [1.54, 1.807) is 6.20 Å². The molecule has 84 valence electrons. The van der Waals surface area contributed by atoms with E-state index in [0.29, 0.717) is 5.92 Å². The van der Waals surface area contributed by atoms with Gasteiger partial charge in [-0.2, -0.15) is 0 Å². The van der Waals surface area contributed by atoms with Crippen LogP contribution in [0, 0.1) is 10.6 Å². The predicted molar refractivity (Wildman–Crippen MR) is 67.3 cm³/mol. The van der Waals surface area contributed by atoms with E-state index in [-0.39, 0.29) is 0 Å². The second-order valence-electron chi connectivity index (χ2n) is 4.24. The van der Waals surface area contributed by atoms with Gasteiger partial charge in [-0.1, -0.05) is 32.1 Å². The van der Waals surface area contributed by atoms with Gasteiger partial charge in [0.1, 0.15) is 4.64 Å². The van der Waals surface area contributed by atoms with Crippen molar-refractivity contribution in [3.8, 4) is 5.82 Å². The number of rotatable bonds is 3. The van der Waals surface area contributed by atoms with Gasteiger partial charge in [0.15, 0.2) is 5.82 Å². The van der Waals surface area contributed by atoms with Crippen LogP contribution in [-0.2, 0) is 6.42 Å². The van der Waals surface area contributed by atoms with Crippen molar-refractivity contribution >= 4 is 12.2 Å². The van der Waals surface area contributed by atoms with Crippen LogP contribution in [0.15, 0.2) is 30.5 Å². The fourth-order valence-corrected chi connectivity index (χ4v) is 1.93. The molecule has 2 aromatic heterocycles. The van der Waals surface area contributed by atoms with Crippen LogP contribution in [0.2, 0.25) is 0 Å². The molecule has 0 aliphatic rings. The average molecular weight is 233 g/mol. The van der Waals surface area contributed by atoms with Crippen LogP contribution in [-0.4, -0.2) is 14.8 Å². The van der Waals surface area contributed by atoms with Gasteiger partial charge in [-0.15, -0.1) is 0 Å². The first-order valence-electron chi connectivity index (χ1n) is 5.39. The van der Waals surface area contributed by atoms with E-state index in [4.69, 9.17) is 12.2 Å². The van der Waals surface area contributed by atoms with E-state index in [0.717, 1.165) is 22.6 Å². The van der Waals surface area contributed by atoms with Gasteiger partial charge >= 0.3 is 0 Å². The fraction of sp³-hybridized carbons (Fsp3) is 0.333. The second kappa shape index (κ2) is 4.61. The van der Waals surface area contributed by atoms with Gasteiger partial charge in [-0.3, -0.25) is 5.10 Å². The van der Waals surface area contributed by atoms with Gasteiger partial charge in [0, 0.05) is 11.9 Å². The van der Waals surface area contributed by atoms with Crippen molar-refractivity contribution in [1.29, 1.82) is 0 Å². The maximum atomic E-state index is 5.30. The summed E-state index contributed by atoms with van der Waals surface area (Å²) in [5, 5.41) is 3.28. The molecule has 0 fully saturated rings. The molecule has 0 unspecified atom stereocenters. The van der Waals surface area contributed by atoms with Gasteiger partial charge in [0.25, 0.3) is 0 Å². The van der Waals surface area contributed by atoms with E-state index in [1.165, 1.54) is 0 Å². The number of H-pyrrole nitrogens is 1. The SMILES string of the molecule is CC(C)Cc1cc(=S)n(-c2ccccn2)[nH]1. The van der Waals surface area contributed by atoms with Gasteiger partial charge < -0.3 is 0 Å². The van der Waals surface area contributed by atoms with Crippen LogP contribution >= 0.6 is 12.2 Å². The lowest BCUT2D eigenvalue weighted by Gasteiger charge is -2.03. The monoisotopic (exact) mass is 233 g/mol. The lowest BCUT2D eigenvalue weighted by molar-refractivity contribution is 0.627. The van der Waals surface area contributed by atoms with E-state index >= 15 is 0 Å². The third-order valence-corrected chi connectivity index (χ3v) is 2.58. The lowest BCUT2D eigenvalue weighted by atomic mass is 10.1. The Hall–Kier alpha value is -1.42. The Bertz CT molecular complexity index is 511. The van der Waals surface area contributed by atoms with E-state index in [2.05, 4.69) is 23.9 Å². The van der Waals surface area contributed by atoms with E-state index in [1.807, 2.05) is 28.9 Å². The third kappa shape index (κ3) is 2.39. The Labute approximate surface area is 100 Å². The van der Waals surface area contributed by atoms with Crippen molar-refractivity contribution in [2.45, 2.75) is 20.3 Å². The van der Waals surface area contributed by atoms with Gasteiger partial charge in [-0.25, -0.2) is 9.67 Å². The molecule has 2 rings (SSSR count). The molecule has 2 heterocycles. The molecule has 0 amide bonds. The topological polar surface area (TPSA) is 33.6 Å². The van der Waals surface area contributed by atoms with Crippen LogP contribution in [0.4, 0.5) is 0 Å². The normalized spacial score (nSPS) is 10.9. The van der Waals surface area contributed by atoms with Crippen molar-refractivity contribution < 1.29 is 0 Å². The highest BCUT2D eigenvalue weighted by Crippen LogP contribution is 2.10. The summed E-state index contributed by atoms with van der Waals surface area (Å²) in [6.07, 6.45) is 2.77. The fourth-order valence-electron chi connectivity index (χ4n) is 1.65. The third-order valence-electron chi connectivity index (χ3n) is 2.28. The highest BCUT2D eigenvalue weighted by molar-refractivity contribution is 7.71. The summed E-state index contributed by atoms with van der Waals surface area (Å²) in [6, 6.07) is 7.79. The summed E-state index contributed by atoms with van der Waals surface area (Å²) in [4.78, 5) is 4.27. The predicted octanol–water partition coefficient (Wildman–Crippen LogP) is 3.13. The summed E-state index contributed by atoms with van der Waals surface area (Å²) in [7, 11) is 0. The highest BCUT2D eigenvalue weighted by Gasteiger charge is 2.04. The molecule has 4 heteroatoms. The Morgan fingerprint density at radius 2 is 2.25 bits per heavy atom. The number of pyridine rings is 1. The Morgan fingerprint density at radius 1 is 1.44 bits per heavy atom. The molecular formula is C12H15N3S. The minimum atomic E-state index is 0.616. The zero-order valence-electron chi connectivity index (χ0n) is 9.47. The zero-order chi connectivity index (χ0) is 11.5. The Morgan fingerprint density at radius 3 is 2.88 bits per heavy atom. The number of hydrogen-bond acceptors (Lipinski definition) is 2. The largest absolute Gasteiger partial charge is 0.296 e. The van der Waals surface area contributed by atoms with Crippen molar-refractivity contribution in [2.24, 2.45) is 5.92 Å². The minimum absolute atomic E-state index is 0.616. The number of aromatic nitrogens is 3. The maximum Gasteiger partial charge on any atom is 0.152 e. The van der Waals surface area contributed by atoms with E-state index in [9.17, 15) is 0 Å². The quantitative estimate of drug-likeness (QED) is 0.826. The number of nitrogens with zero attached hydrogens (tertiary/aromatic N) is 2. The van der Waals surface area contributed by atoms with Crippen LogP contribution in [0.5, 0.6) is 0 Å². The molecule has 0 radical (unpaired) electrons. The van der Waals surface area contributed by atoms with Gasteiger partial charge in [0.2, 0.25) is 0 Å². The molecule has 0 aliphatic carbocycles. The molecule has 0 aliphatic heterocycles. The first-order chi connectivity index (χ1) is 7.66. The van der Waals surface area contributed by atoms with Crippen LogP contribution < -0.4 is 0 Å². The van der Waals surface area contributed by atoms with Gasteiger partial charge in [0.05, 0.1) is 0 Å². The second-order valence-corrected chi connectivity index (χ2v) is 4.66. The molecule has 16 heavy (non-hydrogen) atoms. The molecule has 0 saturated carbocycles. The smallest absolute Gasteiger partial charge is 0.152 e. The summed E-state index contributed by atoms with van der Waals surface area (Å²) in [5.41, 5.74) is 1.16. The van der Waals surface area contributed by atoms with Crippen molar-refractivity contribution in [1.82, 2.24) is 14.8 Å². The minimum Gasteiger partial charge on any atom is -0.296 e. The summed E-state index contributed by atoms with van der Waals surface area (Å²) >= 11 is 5.30. The van der Waals surface area contributed by atoms with E-state index < -0.39 is 0 Å². The summed E-state index contributed by atoms with van der Waals surface area (Å²) < 4.78 is 2.61. The zero-order valence-corrected chi connectivity index (χ0v) is 10.3. The highest BCUT2D eigenvalue weighted by atomic mass is 32.1. The molecule has 2 aromatic rings. The van der Waals surface area contributed by atoms with Crippen molar-refractivity contribution in [3.05, 3.63) is 40.8 Å². The molecule has 0 aromatic carbocycles. The maximum absolute atomic E-state index is 5.30. The number of aromatic amines is 1. The van der Waals surface area contributed by atoms with Gasteiger partial charge in [-0.05, 0) is 30.5 Å². The first kappa shape index (κ1) is 11.1.